The Morgan fingerprint density at radius 2 is 1.86 bits per heavy atom. The van der Waals surface area contributed by atoms with Gasteiger partial charge in [-0.05, 0) is 38.7 Å². The Kier molecular flexibility index (Phi) is 10.2. The van der Waals surface area contributed by atoms with Crippen molar-refractivity contribution < 1.29 is 33.3 Å². The van der Waals surface area contributed by atoms with Crippen LogP contribution in [0.25, 0.3) is 0 Å². The van der Waals surface area contributed by atoms with Gasteiger partial charge in [0.25, 0.3) is 5.91 Å². The SMILES string of the molecule is Cc1c(O)c(=O)c(C(=O)NCc2ccc(F)cc2F)cn1N(C)C1(N(C)C=O)CCCC1.OP(O)S. The van der Waals surface area contributed by atoms with E-state index in [2.05, 4.69) is 17.6 Å². The van der Waals surface area contributed by atoms with E-state index in [4.69, 9.17) is 9.79 Å². The Labute approximate surface area is 213 Å². The van der Waals surface area contributed by atoms with Gasteiger partial charge in [-0.15, -0.1) is 0 Å². The molecular formula is C22H29F2N4O6PS. The number of nitrogens with zero attached hydrogens (tertiary/aromatic N) is 3. The first kappa shape index (κ1) is 29.5. The number of hydrogen-bond acceptors (Lipinski definition) is 8. The molecule has 2 aromatic rings. The predicted octanol–water partition coefficient (Wildman–Crippen LogP) is 2.12. The second-order valence-electron chi connectivity index (χ2n) is 8.27. The molecule has 1 aliphatic carbocycles. The topological polar surface area (TPSA) is 135 Å². The number of carbonyl (C=O) groups excluding carboxylic acids is 2. The molecular weight excluding hydrogens is 517 g/mol. The minimum Gasteiger partial charge on any atom is -0.503 e. The van der Waals surface area contributed by atoms with Crippen LogP contribution in [0.2, 0.25) is 0 Å². The molecule has 4 N–H and O–H groups in total. The van der Waals surface area contributed by atoms with Crippen LogP contribution in [0, 0.1) is 18.6 Å². The second kappa shape index (κ2) is 12.5. The Morgan fingerprint density at radius 3 is 2.39 bits per heavy atom. The van der Waals surface area contributed by atoms with Gasteiger partial charge in [-0.25, -0.2) is 8.78 Å². The van der Waals surface area contributed by atoms with Gasteiger partial charge in [0.05, 0.1) is 5.69 Å². The van der Waals surface area contributed by atoms with E-state index in [1.807, 2.05) is 0 Å². The summed E-state index contributed by atoms with van der Waals surface area (Å²) >= 11 is 3.14. The highest BCUT2D eigenvalue weighted by Gasteiger charge is 2.42. The maximum Gasteiger partial charge on any atom is 0.257 e. The van der Waals surface area contributed by atoms with Crippen molar-refractivity contribution in [1.82, 2.24) is 14.9 Å². The number of amides is 2. The van der Waals surface area contributed by atoms with Crippen molar-refractivity contribution in [3.05, 3.63) is 63.1 Å². The molecule has 1 aromatic carbocycles. The van der Waals surface area contributed by atoms with Crippen molar-refractivity contribution in [2.75, 3.05) is 19.1 Å². The molecule has 14 heteroatoms. The van der Waals surface area contributed by atoms with Crippen LogP contribution in [0.4, 0.5) is 8.78 Å². The Bertz CT molecular complexity index is 1160. The lowest BCUT2D eigenvalue weighted by molar-refractivity contribution is -0.122. The summed E-state index contributed by atoms with van der Waals surface area (Å²) in [6, 6.07) is 2.96. The molecule has 198 valence electrons. The van der Waals surface area contributed by atoms with Gasteiger partial charge in [0, 0.05) is 38.5 Å². The fourth-order valence-corrected chi connectivity index (χ4v) is 4.23. The van der Waals surface area contributed by atoms with Crippen molar-refractivity contribution in [3.63, 3.8) is 0 Å². The third-order valence-electron chi connectivity index (χ3n) is 6.24. The Balaban J connectivity index is 0.00000106. The van der Waals surface area contributed by atoms with Gasteiger partial charge in [0.15, 0.2) is 5.75 Å². The summed E-state index contributed by atoms with van der Waals surface area (Å²) in [5.41, 5.74) is -1.63. The Morgan fingerprint density at radius 1 is 1.28 bits per heavy atom. The largest absolute Gasteiger partial charge is 0.503 e. The van der Waals surface area contributed by atoms with E-state index in [0.717, 1.165) is 25.3 Å². The summed E-state index contributed by atoms with van der Waals surface area (Å²) in [7, 11) is 1.46. The van der Waals surface area contributed by atoms with Crippen molar-refractivity contribution in [2.45, 2.75) is 44.8 Å². The highest BCUT2D eigenvalue weighted by molar-refractivity contribution is 8.41. The van der Waals surface area contributed by atoms with Crippen LogP contribution in [0.1, 0.15) is 47.3 Å². The van der Waals surface area contributed by atoms with E-state index in [0.29, 0.717) is 18.9 Å². The average Bonchev–Trinajstić information content (AvgIpc) is 3.32. The monoisotopic (exact) mass is 546 g/mol. The summed E-state index contributed by atoms with van der Waals surface area (Å²) in [5, 5.41) is 14.6. The van der Waals surface area contributed by atoms with Gasteiger partial charge in [0.2, 0.25) is 19.4 Å². The maximum atomic E-state index is 13.9. The number of halogens is 2. The molecule has 0 spiro atoms. The van der Waals surface area contributed by atoms with Crippen LogP contribution in [0.5, 0.6) is 5.75 Å². The van der Waals surface area contributed by atoms with E-state index in [1.165, 1.54) is 23.9 Å². The molecule has 1 aliphatic rings. The maximum absolute atomic E-state index is 13.9. The summed E-state index contributed by atoms with van der Waals surface area (Å²) in [5.74, 6) is -2.98. The molecule has 1 saturated carbocycles. The zero-order valence-corrected chi connectivity index (χ0v) is 21.8. The molecule has 3 rings (SSSR count). The van der Waals surface area contributed by atoms with Gasteiger partial charge in [-0.1, -0.05) is 18.3 Å². The van der Waals surface area contributed by atoms with Gasteiger partial charge in [-0.2, -0.15) is 0 Å². The quantitative estimate of drug-likeness (QED) is 0.155. The van der Waals surface area contributed by atoms with Crippen molar-refractivity contribution in [1.29, 1.82) is 0 Å². The van der Waals surface area contributed by atoms with E-state index >= 15 is 0 Å². The third-order valence-corrected chi connectivity index (χ3v) is 6.24. The number of benzene rings is 1. The van der Waals surface area contributed by atoms with Crippen LogP contribution in [-0.2, 0) is 11.3 Å². The summed E-state index contributed by atoms with van der Waals surface area (Å²) < 4.78 is 28.4. The molecule has 0 unspecified atom stereocenters. The minimum atomic E-state index is -1.93. The van der Waals surface area contributed by atoms with Gasteiger partial charge in [-0.3, -0.25) is 24.1 Å². The second-order valence-corrected chi connectivity index (χ2v) is 9.88. The molecule has 0 atom stereocenters. The van der Waals surface area contributed by atoms with Crippen LogP contribution in [0.15, 0.2) is 29.2 Å². The first-order valence-corrected chi connectivity index (χ1v) is 13.2. The molecule has 0 bridgehead atoms. The molecule has 1 aromatic heterocycles. The molecule has 2 amide bonds. The molecule has 0 saturated heterocycles. The van der Waals surface area contributed by atoms with Crippen LogP contribution < -0.4 is 15.8 Å². The number of rotatable bonds is 7. The van der Waals surface area contributed by atoms with Crippen LogP contribution in [-0.4, -0.2) is 56.5 Å². The molecule has 36 heavy (non-hydrogen) atoms. The number of hydrogen-bond donors (Lipinski definition) is 5. The zero-order valence-electron chi connectivity index (χ0n) is 20.0. The third kappa shape index (κ3) is 6.52. The lowest BCUT2D eigenvalue weighted by atomic mass is 10.1. The number of aromatic hydroxyl groups is 1. The number of thiol groups is 1. The fourth-order valence-electron chi connectivity index (χ4n) is 4.23. The van der Waals surface area contributed by atoms with Crippen LogP contribution in [0.3, 0.4) is 0 Å². The van der Waals surface area contributed by atoms with Gasteiger partial charge >= 0.3 is 0 Å². The number of pyridine rings is 1. The van der Waals surface area contributed by atoms with E-state index in [1.54, 1.807) is 24.0 Å². The number of carbonyl (C=O) groups is 2. The van der Waals surface area contributed by atoms with E-state index < -0.39 is 42.0 Å². The first-order chi connectivity index (χ1) is 16.8. The van der Waals surface area contributed by atoms with Crippen molar-refractivity contribution >= 4 is 32.1 Å². The zero-order chi connectivity index (χ0) is 27.2. The van der Waals surface area contributed by atoms with Crippen molar-refractivity contribution in [3.8, 4) is 5.75 Å². The smallest absolute Gasteiger partial charge is 0.257 e. The van der Waals surface area contributed by atoms with E-state index in [-0.39, 0.29) is 23.4 Å². The molecule has 10 nitrogen and oxygen atoms in total. The van der Waals surface area contributed by atoms with Crippen molar-refractivity contribution in [2.24, 2.45) is 0 Å². The molecule has 1 heterocycles. The molecule has 1 fully saturated rings. The standard InChI is InChI=1S/C22H26F2N4O4.H3O2PS/c1-14-19(30)20(31)17(21(32)25-11-15-6-7-16(23)10-18(15)24)12-28(14)27(3)22(26(2)13-29)8-4-5-9-22;1-3(2)4/h6-7,10,12-13,30H,4-5,8-9,11H2,1-3H3,(H,25,32);1-2,4H. The average molecular weight is 547 g/mol. The number of aromatic nitrogens is 1. The fraction of sp³-hybridized carbons (Fsp3) is 0.409. The van der Waals surface area contributed by atoms with Crippen LogP contribution >= 0.6 is 19.8 Å². The minimum absolute atomic E-state index is 0.0473. The lowest BCUT2D eigenvalue weighted by Crippen LogP contribution is -2.60. The first-order valence-electron chi connectivity index (χ1n) is 10.8. The lowest BCUT2D eigenvalue weighted by Gasteiger charge is -2.46. The summed E-state index contributed by atoms with van der Waals surface area (Å²) in [6.45, 7) is 1.26. The highest BCUT2D eigenvalue weighted by Crippen LogP contribution is 2.36. The molecule has 0 aliphatic heterocycles. The number of nitrogens with one attached hydrogen (secondary N) is 1. The Hall–Kier alpha value is -2.73. The van der Waals surface area contributed by atoms with Gasteiger partial charge in [0.1, 0.15) is 22.9 Å². The summed E-state index contributed by atoms with van der Waals surface area (Å²) in [6.07, 6.45) is 5.17. The molecule has 0 radical (unpaired) electrons. The highest BCUT2D eigenvalue weighted by atomic mass is 32.7. The van der Waals surface area contributed by atoms with E-state index in [9.17, 15) is 28.3 Å². The van der Waals surface area contributed by atoms with Gasteiger partial charge < -0.3 is 25.1 Å². The predicted molar refractivity (Wildman–Crippen MR) is 134 cm³/mol. The summed E-state index contributed by atoms with van der Waals surface area (Å²) in [4.78, 5) is 53.5. The normalized spacial score (nSPS) is 14.1.